The summed E-state index contributed by atoms with van der Waals surface area (Å²) in [5, 5.41) is 5.37. The number of hydrogen-bond acceptors (Lipinski definition) is 3. The number of amides is 1. The van der Waals surface area contributed by atoms with Gasteiger partial charge in [-0.2, -0.15) is 0 Å². The average Bonchev–Trinajstić information content (AvgIpc) is 2.69. The second-order valence-electron chi connectivity index (χ2n) is 7.89. The third kappa shape index (κ3) is 5.23. The Kier molecular flexibility index (Phi) is 6.73. The largest absolute Gasteiger partial charge is 0.497 e. The molecule has 0 radical (unpaired) electrons. The van der Waals surface area contributed by atoms with Crippen molar-refractivity contribution in [2.75, 3.05) is 33.3 Å². The van der Waals surface area contributed by atoms with Crippen LogP contribution in [0.2, 0.25) is 0 Å². The zero-order chi connectivity index (χ0) is 19.2. The van der Waals surface area contributed by atoms with Gasteiger partial charge in [-0.05, 0) is 73.7 Å². The van der Waals surface area contributed by atoms with E-state index in [-0.39, 0.29) is 11.8 Å². The summed E-state index contributed by atoms with van der Waals surface area (Å²) in [5.41, 5.74) is 1.05. The maximum atomic E-state index is 12.5. The average molecular weight is 369 g/mol. The molecule has 1 aliphatic heterocycles. The molecule has 4 heteroatoms. The van der Waals surface area contributed by atoms with Crippen LogP contribution in [0.4, 0.5) is 0 Å². The molecule has 0 aliphatic carbocycles. The van der Waals surface area contributed by atoms with Gasteiger partial charge in [-0.1, -0.05) is 31.2 Å². The van der Waals surface area contributed by atoms with E-state index in [0.29, 0.717) is 0 Å². The molecular formula is C23H32N2O2. The normalized spacial score (nSPS) is 19.0. The number of nitrogens with zero attached hydrogens (tertiary/aromatic N) is 1. The maximum absolute atomic E-state index is 12.5. The van der Waals surface area contributed by atoms with Crippen molar-refractivity contribution in [2.24, 2.45) is 5.92 Å². The number of methoxy groups -OCH3 is 1. The second-order valence-corrected chi connectivity index (χ2v) is 7.89. The molecule has 0 spiro atoms. The van der Waals surface area contributed by atoms with Gasteiger partial charge in [0.05, 0.1) is 13.0 Å². The Bertz CT molecular complexity index is 774. The Balaban J connectivity index is 1.50. The van der Waals surface area contributed by atoms with Crippen LogP contribution in [0.15, 0.2) is 36.4 Å². The summed E-state index contributed by atoms with van der Waals surface area (Å²) in [5.74, 6) is 1.62. The van der Waals surface area contributed by atoms with Crippen molar-refractivity contribution in [3.8, 4) is 5.75 Å². The van der Waals surface area contributed by atoms with E-state index >= 15 is 0 Å². The molecule has 2 atom stereocenters. The number of carbonyl (C=O) groups is 1. The van der Waals surface area contributed by atoms with E-state index in [0.717, 1.165) is 47.5 Å². The zero-order valence-electron chi connectivity index (χ0n) is 16.8. The number of benzene rings is 2. The lowest BCUT2D eigenvalue weighted by Crippen LogP contribution is -2.37. The van der Waals surface area contributed by atoms with Crippen LogP contribution < -0.4 is 10.1 Å². The highest BCUT2D eigenvalue weighted by molar-refractivity contribution is 5.88. The fourth-order valence-electron chi connectivity index (χ4n) is 3.95. The van der Waals surface area contributed by atoms with Crippen molar-refractivity contribution in [1.29, 1.82) is 0 Å². The molecule has 1 aliphatic rings. The van der Waals surface area contributed by atoms with E-state index in [1.165, 1.54) is 25.9 Å². The molecule has 146 valence electrons. The molecule has 27 heavy (non-hydrogen) atoms. The highest BCUT2D eigenvalue weighted by Crippen LogP contribution is 2.25. The molecular weight excluding hydrogens is 336 g/mol. The lowest BCUT2D eigenvalue weighted by Gasteiger charge is -2.30. The SMILES string of the molecule is COc1ccc2cc([C@H](C)C(=O)NCCCN3CCCC(C)C3)ccc2c1. The molecule has 1 N–H and O–H groups in total. The van der Waals surface area contributed by atoms with Gasteiger partial charge in [0.15, 0.2) is 0 Å². The third-order valence-electron chi connectivity index (χ3n) is 5.66. The van der Waals surface area contributed by atoms with Crippen molar-refractivity contribution >= 4 is 16.7 Å². The Morgan fingerprint density at radius 2 is 2.04 bits per heavy atom. The van der Waals surface area contributed by atoms with Crippen LogP contribution >= 0.6 is 0 Å². The van der Waals surface area contributed by atoms with Crippen molar-refractivity contribution in [1.82, 2.24) is 10.2 Å². The minimum atomic E-state index is -0.147. The Hall–Kier alpha value is -2.07. The first-order valence-electron chi connectivity index (χ1n) is 10.1. The number of likely N-dealkylation sites (tertiary alicyclic amines) is 1. The Morgan fingerprint density at radius 1 is 1.26 bits per heavy atom. The summed E-state index contributed by atoms with van der Waals surface area (Å²) in [6.45, 7) is 8.54. The highest BCUT2D eigenvalue weighted by atomic mass is 16.5. The summed E-state index contributed by atoms with van der Waals surface area (Å²) in [6.07, 6.45) is 3.67. The number of piperidine rings is 1. The van der Waals surface area contributed by atoms with E-state index in [4.69, 9.17) is 4.74 Å². The second kappa shape index (κ2) is 9.23. The predicted molar refractivity (Wildman–Crippen MR) is 111 cm³/mol. The van der Waals surface area contributed by atoms with Gasteiger partial charge < -0.3 is 15.0 Å². The summed E-state index contributed by atoms with van der Waals surface area (Å²) in [7, 11) is 1.67. The van der Waals surface area contributed by atoms with Crippen LogP contribution in [-0.2, 0) is 4.79 Å². The van der Waals surface area contributed by atoms with Gasteiger partial charge in [0, 0.05) is 13.1 Å². The molecule has 1 heterocycles. The molecule has 1 fully saturated rings. The minimum Gasteiger partial charge on any atom is -0.497 e. The molecule has 0 saturated carbocycles. The van der Waals surface area contributed by atoms with Crippen LogP contribution in [0.1, 0.15) is 44.6 Å². The zero-order valence-corrected chi connectivity index (χ0v) is 16.8. The van der Waals surface area contributed by atoms with Crippen molar-refractivity contribution in [3.05, 3.63) is 42.0 Å². The van der Waals surface area contributed by atoms with E-state index < -0.39 is 0 Å². The monoisotopic (exact) mass is 368 g/mol. The summed E-state index contributed by atoms with van der Waals surface area (Å²) in [6, 6.07) is 12.2. The van der Waals surface area contributed by atoms with E-state index in [1.54, 1.807) is 7.11 Å². The lowest BCUT2D eigenvalue weighted by molar-refractivity contribution is -0.122. The van der Waals surface area contributed by atoms with Crippen molar-refractivity contribution < 1.29 is 9.53 Å². The van der Waals surface area contributed by atoms with Crippen LogP contribution in [0, 0.1) is 5.92 Å². The molecule has 0 aromatic heterocycles. The first-order chi connectivity index (χ1) is 13.1. The number of hydrogen-bond donors (Lipinski definition) is 1. The van der Waals surface area contributed by atoms with Crippen molar-refractivity contribution in [3.63, 3.8) is 0 Å². The van der Waals surface area contributed by atoms with Gasteiger partial charge in [0.1, 0.15) is 5.75 Å². The highest BCUT2D eigenvalue weighted by Gasteiger charge is 2.17. The standard InChI is InChI=1S/C23H32N2O2/c1-17-6-4-12-25(16-17)13-5-11-24-23(26)18(2)19-7-8-21-15-22(27-3)10-9-20(21)14-19/h7-10,14-15,17-18H,4-6,11-13,16H2,1-3H3,(H,24,26)/t17?,18-/m0/s1. The van der Waals surface area contributed by atoms with E-state index in [9.17, 15) is 4.79 Å². The summed E-state index contributed by atoms with van der Waals surface area (Å²) >= 11 is 0. The number of fused-ring (bicyclic) bond motifs is 1. The van der Waals surface area contributed by atoms with Gasteiger partial charge in [0.2, 0.25) is 5.91 Å². The smallest absolute Gasteiger partial charge is 0.227 e. The first kappa shape index (κ1) is 19.7. The quantitative estimate of drug-likeness (QED) is 0.745. The summed E-state index contributed by atoms with van der Waals surface area (Å²) in [4.78, 5) is 15.1. The van der Waals surface area contributed by atoms with Crippen LogP contribution in [0.3, 0.4) is 0 Å². The first-order valence-corrected chi connectivity index (χ1v) is 10.1. The van der Waals surface area contributed by atoms with Gasteiger partial charge in [-0.15, -0.1) is 0 Å². The number of carbonyl (C=O) groups excluding carboxylic acids is 1. The predicted octanol–water partition coefficient (Wildman–Crippen LogP) is 4.19. The molecule has 1 saturated heterocycles. The van der Waals surface area contributed by atoms with Crippen molar-refractivity contribution in [2.45, 2.75) is 39.0 Å². The van der Waals surface area contributed by atoms with Crippen LogP contribution in [-0.4, -0.2) is 44.1 Å². The molecule has 3 rings (SSSR count). The Morgan fingerprint density at radius 3 is 2.81 bits per heavy atom. The van der Waals surface area contributed by atoms with Crippen LogP contribution in [0.5, 0.6) is 5.75 Å². The molecule has 2 aromatic rings. The van der Waals surface area contributed by atoms with E-state index in [1.807, 2.05) is 31.2 Å². The number of nitrogens with one attached hydrogen (secondary N) is 1. The van der Waals surface area contributed by atoms with E-state index in [2.05, 4.69) is 29.3 Å². The molecule has 2 aromatic carbocycles. The molecule has 0 bridgehead atoms. The minimum absolute atomic E-state index is 0.106. The third-order valence-corrected chi connectivity index (χ3v) is 5.66. The number of rotatable bonds is 7. The van der Waals surface area contributed by atoms with Gasteiger partial charge in [-0.3, -0.25) is 4.79 Å². The fraction of sp³-hybridized carbons (Fsp3) is 0.522. The number of ether oxygens (including phenoxy) is 1. The molecule has 1 unspecified atom stereocenters. The molecule has 1 amide bonds. The van der Waals surface area contributed by atoms with Gasteiger partial charge >= 0.3 is 0 Å². The van der Waals surface area contributed by atoms with Crippen LogP contribution in [0.25, 0.3) is 10.8 Å². The summed E-state index contributed by atoms with van der Waals surface area (Å²) < 4.78 is 5.28. The topological polar surface area (TPSA) is 41.6 Å². The molecule has 4 nitrogen and oxygen atoms in total. The lowest BCUT2D eigenvalue weighted by atomic mass is 9.97. The maximum Gasteiger partial charge on any atom is 0.227 e. The Labute approximate surface area is 162 Å². The van der Waals surface area contributed by atoms with Gasteiger partial charge in [-0.25, -0.2) is 0 Å². The fourth-order valence-corrected chi connectivity index (χ4v) is 3.95. The van der Waals surface area contributed by atoms with Gasteiger partial charge in [0.25, 0.3) is 0 Å².